The highest BCUT2D eigenvalue weighted by molar-refractivity contribution is 5.79. The Labute approximate surface area is 132 Å². The molecule has 0 bridgehead atoms. The fourth-order valence-electron chi connectivity index (χ4n) is 3.02. The minimum absolute atomic E-state index is 0.00569. The van der Waals surface area contributed by atoms with E-state index >= 15 is 0 Å². The number of ether oxygens (including phenoxy) is 1. The van der Waals surface area contributed by atoms with Crippen molar-refractivity contribution in [2.45, 2.75) is 32.2 Å². The summed E-state index contributed by atoms with van der Waals surface area (Å²) >= 11 is 0. The van der Waals surface area contributed by atoms with Gasteiger partial charge in [0.05, 0.1) is 25.3 Å². The molecule has 1 amide bonds. The lowest BCUT2D eigenvalue weighted by Crippen LogP contribution is -2.50. The minimum Gasteiger partial charge on any atom is -0.508 e. The Balaban J connectivity index is 2.10. The first-order valence-electron chi connectivity index (χ1n) is 8.01. The molecule has 2 rings (SSSR count). The van der Waals surface area contributed by atoms with Gasteiger partial charge in [0, 0.05) is 18.7 Å². The summed E-state index contributed by atoms with van der Waals surface area (Å²) < 4.78 is 5.30. The highest BCUT2D eigenvalue weighted by Crippen LogP contribution is 2.34. The van der Waals surface area contributed by atoms with Crippen LogP contribution in [0.15, 0.2) is 24.3 Å². The zero-order valence-electron chi connectivity index (χ0n) is 13.5. The van der Waals surface area contributed by atoms with E-state index in [1.54, 1.807) is 12.1 Å². The van der Waals surface area contributed by atoms with Crippen LogP contribution in [0.4, 0.5) is 0 Å². The van der Waals surface area contributed by atoms with Gasteiger partial charge in [-0.15, -0.1) is 0 Å². The van der Waals surface area contributed by atoms with E-state index in [0.717, 1.165) is 31.5 Å². The van der Waals surface area contributed by atoms with Gasteiger partial charge in [0.15, 0.2) is 0 Å². The average Bonchev–Trinajstić information content (AvgIpc) is 2.54. The van der Waals surface area contributed by atoms with Crippen molar-refractivity contribution in [2.75, 3.05) is 32.8 Å². The molecule has 0 spiro atoms. The smallest absolute Gasteiger partial charge is 0.234 e. The van der Waals surface area contributed by atoms with Crippen molar-refractivity contribution in [3.8, 4) is 5.75 Å². The number of nitrogens with zero attached hydrogens (tertiary/aromatic N) is 1. The Morgan fingerprint density at radius 3 is 2.50 bits per heavy atom. The normalized spacial score (nSPS) is 16.5. The van der Waals surface area contributed by atoms with E-state index in [-0.39, 0.29) is 11.7 Å². The Kier molecular flexibility index (Phi) is 5.80. The highest BCUT2D eigenvalue weighted by atomic mass is 16.5. The lowest BCUT2D eigenvalue weighted by molar-refractivity contribution is -0.125. The Morgan fingerprint density at radius 2 is 1.91 bits per heavy atom. The number of phenols is 1. The third kappa shape index (κ3) is 3.78. The molecule has 1 aliphatic heterocycles. The standard InChI is InChI=1S/C17H26N2O3/c1-3-17(4-2,14-7-5-6-8-15(14)20)18-16(21)13-19-9-11-22-12-10-19/h5-8,20H,3-4,9-13H2,1-2H3,(H,18,21). The van der Waals surface area contributed by atoms with Crippen LogP contribution in [-0.4, -0.2) is 48.8 Å². The summed E-state index contributed by atoms with van der Waals surface area (Å²) in [6.07, 6.45) is 1.46. The van der Waals surface area contributed by atoms with Gasteiger partial charge in [0.2, 0.25) is 5.91 Å². The molecule has 5 heteroatoms. The molecule has 0 saturated carbocycles. The van der Waals surface area contributed by atoms with Crippen LogP contribution >= 0.6 is 0 Å². The molecule has 0 unspecified atom stereocenters. The molecule has 1 heterocycles. The molecule has 1 aliphatic rings. The largest absolute Gasteiger partial charge is 0.508 e. The summed E-state index contributed by atoms with van der Waals surface area (Å²) in [4.78, 5) is 14.6. The van der Waals surface area contributed by atoms with E-state index in [1.807, 2.05) is 26.0 Å². The second kappa shape index (κ2) is 7.61. The molecular weight excluding hydrogens is 280 g/mol. The maximum absolute atomic E-state index is 12.5. The van der Waals surface area contributed by atoms with Crippen LogP contribution in [0.5, 0.6) is 5.75 Å². The number of hydrogen-bond acceptors (Lipinski definition) is 4. The summed E-state index contributed by atoms with van der Waals surface area (Å²) in [6, 6.07) is 7.24. The van der Waals surface area contributed by atoms with E-state index in [0.29, 0.717) is 19.8 Å². The molecule has 0 radical (unpaired) electrons. The van der Waals surface area contributed by atoms with E-state index < -0.39 is 5.54 Å². The Bertz CT molecular complexity index is 494. The number of carbonyl (C=O) groups excluding carboxylic acids is 1. The molecule has 22 heavy (non-hydrogen) atoms. The zero-order valence-corrected chi connectivity index (χ0v) is 13.5. The molecule has 5 nitrogen and oxygen atoms in total. The number of morpholine rings is 1. The van der Waals surface area contributed by atoms with Crippen LogP contribution < -0.4 is 5.32 Å². The summed E-state index contributed by atoms with van der Waals surface area (Å²) in [7, 11) is 0. The van der Waals surface area contributed by atoms with Crippen LogP contribution in [0.1, 0.15) is 32.3 Å². The number of hydrogen-bond donors (Lipinski definition) is 2. The number of benzene rings is 1. The Hall–Kier alpha value is -1.59. The number of nitrogens with one attached hydrogen (secondary N) is 1. The van der Waals surface area contributed by atoms with Crippen molar-refractivity contribution in [3.05, 3.63) is 29.8 Å². The van der Waals surface area contributed by atoms with Gasteiger partial charge in [-0.3, -0.25) is 9.69 Å². The van der Waals surface area contributed by atoms with E-state index in [1.165, 1.54) is 0 Å². The van der Waals surface area contributed by atoms with Crippen molar-refractivity contribution in [2.24, 2.45) is 0 Å². The fourth-order valence-corrected chi connectivity index (χ4v) is 3.02. The van der Waals surface area contributed by atoms with E-state index in [4.69, 9.17) is 4.74 Å². The predicted molar refractivity (Wildman–Crippen MR) is 85.8 cm³/mol. The first-order chi connectivity index (χ1) is 10.6. The molecule has 1 fully saturated rings. The van der Waals surface area contributed by atoms with Crippen LogP contribution in [0.3, 0.4) is 0 Å². The topological polar surface area (TPSA) is 61.8 Å². The molecule has 1 aromatic rings. The van der Waals surface area contributed by atoms with Crippen LogP contribution in [0, 0.1) is 0 Å². The molecular formula is C17H26N2O3. The molecule has 1 saturated heterocycles. The monoisotopic (exact) mass is 306 g/mol. The summed E-state index contributed by atoms with van der Waals surface area (Å²) in [5.74, 6) is 0.228. The second-order valence-electron chi connectivity index (χ2n) is 5.74. The van der Waals surface area contributed by atoms with Gasteiger partial charge in [-0.25, -0.2) is 0 Å². The van der Waals surface area contributed by atoms with Crippen LogP contribution in [0.2, 0.25) is 0 Å². The molecule has 0 atom stereocenters. The van der Waals surface area contributed by atoms with Crippen molar-refractivity contribution in [3.63, 3.8) is 0 Å². The van der Waals surface area contributed by atoms with Gasteiger partial charge in [-0.05, 0) is 18.9 Å². The molecule has 2 N–H and O–H groups in total. The number of carbonyl (C=O) groups is 1. The predicted octanol–water partition coefficient (Wildman–Crippen LogP) is 1.86. The van der Waals surface area contributed by atoms with Gasteiger partial charge in [-0.2, -0.15) is 0 Å². The SMILES string of the molecule is CCC(CC)(NC(=O)CN1CCOCC1)c1ccccc1O. The molecule has 1 aromatic carbocycles. The average molecular weight is 306 g/mol. The summed E-state index contributed by atoms with van der Waals surface area (Å²) in [5.41, 5.74) is 0.268. The van der Waals surface area contributed by atoms with Gasteiger partial charge in [0.1, 0.15) is 5.75 Å². The Morgan fingerprint density at radius 1 is 1.27 bits per heavy atom. The van der Waals surface area contributed by atoms with E-state index in [9.17, 15) is 9.90 Å². The van der Waals surface area contributed by atoms with Crippen molar-refractivity contribution < 1.29 is 14.6 Å². The number of para-hydroxylation sites is 1. The first-order valence-corrected chi connectivity index (χ1v) is 8.01. The first kappa shape index (κ1) is 16.8. The number of aromatic hydroxyl groups is 1. The summed E-state index contributed by atoms with van der Waals surface area (Å²) in [5, 5.41) is 13.3. The van der Waals surface area contributed by atoms with Crippen LogP contribution in [0.25, 0.3) is 0 Å². The molecule has 122 valence electrons. The van der Waals surface area contributed by atoms with Crippen molar-refractivity contribution >= 4 is 5.91 Å². The van der Waals surface area contributed by atoms with Gasteiger partial charge < -0.3 is 15.2 Å². The molecule has 0 aliphatic carbocycles. The van der Waals surface area contributed by atoms with E-state index in [2.05, 4.69) is 10.2 Å². The van der Waals surface area contributed by atoms with Gasteiger partial charge in [0.25, 0.3) is 0 Å². The zero-order chi connectivity index (χ0) is 16.0. The number of rotatable bonds is 6. The second-order valence-corrected chi connectivity index (χ2v) is 5.74. The maximum atomic E-state index is 12.5. The third-order valence-corrected chi connectivity index (χ3v) is 4.48. The number of phenolic OH excluding ortho intramolecular Hbond substituents is 1. The van der Waals surface area contributed by atoms with Crippen molar-refractivity contribution in [1.82, 2.24) is 10.2 Å². The lowest BCUT2D eigenvalue weighted by Gasteiger charge is -2.35. The lowest BCUT2D eigenvalue weighted by atomic mass is 9.84. The van der Waals surface area contributed by atoms with Gasteiger partial charge in [-0.1, -0.05) is 32.0 Å². The third-order valence-electron chi connectivity index (χ3n) is 4.48. The quantitative estimate of drug-likeness (QED) is 0.842. The van der Waals surface area contributed by atoms with Gasteiger partial charge >= 0.3 is 0 Å². The maximum Gasteiger partial charge on any atom is 0.234 e. The molecule has 0 aromatic heterocycles. The highest BCUT2D eigenvalue weighted by Gasteiger charge is 2.32. The fraction of sp³-hybridized carbons (Fsp3) is 0.588. The van der Waals surface area contributed by atoms with Crippen molar-refractivity contribution in [1.29, 1.82) is 0 Å². The van der Waals surface area contributed by atoms with Crippen LogP contribution in [-0.2, 0) is 15.1 Å². The minimum atomic E-state index is -0.519. The summed E-state index contributed by atoms with van der Waals surface area (Å²) in [6.45, 7) is 7.37. The number of amides is 1.